The molecule has 0 bridgehead atoms. The molecule has 13 heavy (non-hydrogen) atoms. The Morgan fingerprint density at radius 1 is 0.923 bits per heavy atom. The zero-order valence-electron chi connectivity index (χ0n) is 9.27. The summed E-state index contributed by atoms with van der Waals surface area (Å²) in [5.74, 6) is 2.33. The lowest BCUT2D eigenvalue weighted by Crippen LogP contribution is -2.22. The Morgan fingerprint density at radius 3 is 1.62 bits per heavy atom. The molecule has 1 aliphatic carbocycles. The largest absolute Gasteiger partial charge is 0.0999 e. The monoisotopic (exact) mass is 178 g/mol. The fourth-order valence-electron chi connectivity index (χ4n) is 2.41. The molecule has 0 aromatic carbocycles. The van der Waals surface area contributed by atoms with Crippen LogP contribution in [-0.4, -0.2) is 0 Å². The van der Waals surface area contributed by atoms with E-state index in [-0.39, 0.29) is 0 Å². The lowest BCUT2D eigenvalue weighted by molar-refractivity contribution is 0.256. The van der Waals surface area contributed by atoms with Crippen molar-refractivity contribution in [1.29, 1.82) is 0 Å². The molecule has 0 radical (unpaired) electrons. The minimum absolute atomic E-state index is 0.741. The van der Waals surface area contributed by atoms with Gasteiger partial charge in [0.15, 0.2) is 0 Å². The van der Waals surface area contributed by atoms with E-state index >= 15 is 0 Å². The van der Waals surface area contributed by atoms with Crippen molar-refractivity contribution < 1.29 is 0 Å². The lowest BCUT2D eigenvalue weighted by atomic mass is 9.72. The van der Waals surface area contributed by atoms with Gasteiger partial charge in [-0.1, -0.05) is 31.2 Å². The Labute approximate surface area is 82.7 Å². The average Bonchev–Trinajstić information content (AvgIpc) is 2.03. The van der Waals surface area contributed by atoms with E-state index in [0.29, 0.717) is 0 Å². The molecule has 74 valence electrons. The first-order chi connectivity index (χ1) is 6.00. The van der Waals surface area contributed by atoms with Gasteiger partial charge in [0.05, 0.1) is 0 Å². The van der Waals surface area contributed by atoms with Crippen LogP contribution in [0.2, 0.25) is 0 Å². The Bertz CT molecular complexity index is 190. The third-order valence-corrected chi connectivity index (χ3v) is 3.34. The van der Waals surface area contributed by atoms with E-state index in [4.69, 9.17) is 0 Å². The number of allylic oxidation sites excluding steroid dienone is 2. The molecule has 0 N–H and O–H groups in total. The summed E-state index contributed by atoms with van der Waals surface area (Å²) in [7, 11) is 0. The van der Waals surface area contributed by atoms with Gasteiger partial charge >= 0.3 is 0 Å². The smallest absolute Gasteiger partial charge is 0.0200 e. The molecule has 1 aliphatic rings. The van der Waals surface area contributed by atoms with E-state index in [2.05, 4.69) is 33.9 Å². The Hall–Kier alpha value is -0.520. The average molecular weight is 178 g/mol. The molecule has 1 rings (SSSR count). The van der Waals surface area contributed by atoms with Crippen molar-refractivity contribution in [2.45, 2.75) is 40.0 Å². The van der Waals surface area contributed by atoms with E-state index in [1.54, 1.807) is 0 Å². The molecule has 0 aromatic rings. The lowest BCUT2D eigenvalue weighted by Gasteiger charge is -2.34. The standard InChI is InChI=1S/C13H22/c1-9(2)12-6-11(5)7-13(8-12)10(3)4/h11-13H,1,3,6-8H2,2,4-5H3. The van der Waals surface area contributed by atoms with Crippen molar-refractivity contribution in [3.8, 4) is 0 Å². The number of rotatable bonds is 2. The van der Waals surface area contributed by atoms with Gasteiger partial charge in [-0.25, -0.2) is 0 Å². The first-order valence-electron chi connectivity index (χ1n) is 5.31. The van der Waals surface area contributed by atoms with Crippen molar-refractivity contribution >= 4 is 0 Å². The van der Waals surface area contributed by atoms with Gasteiger partial charge in [0.2, 0.25) is 0 Å². The van der Waals surface area contributed by atoms with Crippen LogP contribution in [0.15, 0.2) is 24.3 Å². The van der Waals surface area contributed by atoms with Crippen LogP contribution >= 0.6 is 0 Å². The summed E-state index contributed by atoms with van der Waals surface area (Å²) in [5.41, 5.74) is 2.72. The van der Waals surface area contributed by atoms with Gasteiger partial charge in [0, 0.05) is 0 Å². The molecule has 2 unspecified atom stereocenters. The Balaban J connectivity index is 2.62. The molecular weight excluding hydrogens is 156 g/mol. The van der Waals surface area contributed by atoms with Crippen LogP contribution < -0.4 is 0 Å². The van der Waals surface area contributed by atoms with Gasteiger partial charge < -0.3 is 0 Å². The maximum Gasteiger partial charge on any atom is -0.0200 e. The van der Waals surface area contributed by atoms with Crippen LogP contribution in [0.5, 0.6) is 0 Å². The summed E-state index contributed by atoms with van der Waals surface area (Å²) in [6.07, 6.45) is 3.95. The van der Waals surface area contributed by atoms with Gasteiger partial charge in [-0.2, -0.15) is 0 Å². The van der Waals surface area contributed by atoms with E-state index in [1.807, 2.05) is 0 Å². The molecule has 0 saturated heterocycles. The zero-order valence-corrected chi connectivity index (χ0v) is 9.27. The van der Waals surface area contributed by atoms with Crippen LogP contribution in [0.3, 0.4) is 0 Å². The molecule has 0 aliphatic heterocycles. The second-order valence-corrected chi connectivity index (χ2v) is 4.90. The van der Waals surface area contributed by atoms with Crippen molar-refractivity contribution in [2.24, 2.45) is 17.8 Å². The summed E-state index contributed by atoms with van der Waals surface area (Å²) in [6, 6.07) is 0. The van der Waals surface area contributed by atoms with E-state index in [1.165, 1.54) is 30.4 Å². The highest BCUT2D eigenvalue weighted by Crippen LogP contribution is 2.38. The summed E-state index contributed by atoms with van der Waals surface area (Å²) in [4.78, 5) is 0. The van der Waals surface area contributed by atoms with Gasteiger partial charge in [0.1, 0.15) is 0 Å². The molecule has 0 spiro atoms. The predicted octanol–water partition coefficient (Wildman–Crippen LogP) is 4.19. The topological polar surface area (TPSA) is 0 Å². The van der Waals surface area contributed by atoms with Crippen molar-refractivity contribution in [2.75, 3.05) is 0 Å². The summed E-state index contributed by atoms with van der Waals surface area (Å²) in [5, 5.41) is 0. The molecule has 2 atom stereocenters. The SMILES string of the molecule is C=C(C)C1CC(C)CC(C(=C)C)C1. The van der Waals surface area contributed by atoms with E-state index in [9.17, 15) is 0 Å². The van der Waals surface area contributed by atoms with Crippen LogP contribution in [0.1, 0.15) is 40.0 Å². The molecule has 1 fully saturated rings. The quantitative estimate of drug-likeness (QED) is 0.556. The van der Waals surface area contributed by atoms with Crippen molar-refractivity contribution in [3.05, 3.63) is 24.3 Å². The van der Waals surface area contributed by atoms with E-state index < -0.39 is 0 Å². The van der Waals surface area contributed by atoms with Crippen molar-refractivity contribution in [1.82, 2.24) is 0 Å². The minimum atomic E-state index is 0.741. The molecule has 0 nitrogen and oxygen atoms in total. The second-order valence-electron chi connectivity index (χ2n) is 4.90. The zero-order chi connectivity index (χ0) is 10.0. The molecular formula is C13H22. The van der Waals surface area contributed by atoms with Crippen LogP contribution in [0.25, 0.3) is 0 Å². The summed E-state index contributed by atoms with van der Waals surface area (Å²) < 4.78 is 0. The van der Waals surface area contributed by atoms with Crippen molar-refractivity contribution in [3.63, 3.8) is 0 Å². The highest BCUT2D eigenvalue weighted by molar-refractivity contribution is 5.06. The predicted molar refractivity (Wildman–Crippen MR) is 59.6 cm³/mol. The highest BCUT2D eigenvalue weighted by Gasteiger charge is 2.26. The Kier molecular flexibility index (Phi) is 3.35. The highest BCUT2D eigenvalue weighted by atomic mass is 14.3. The van der Waals surface area contributed by atoms with Gasteiger partial charge in [-0.3, -0.25) is 0 Å². The van der Waals surface area contributed by atoms with Gasteiger partial charge in [0.25, 0.3) is 0 Å². The van der Waals surface area contributed by atoms with Gasteiger partial charge in [-0.05, 0) is 50.9 Å². The third kappa shape index (κ3) is 2.72. The van der Waals surface area contributed by atoms with Crippen LogP contribution in [0.4, 0.5) is 0 Å². The number of hydrogen-bond donors (Lipinski definition) is 0. The summed E-state index contributed by atoms with van der Waals surface area (Å²) >= 11 is 0. The van der Waals surface area contributed by atoms with E-state index in [0.717, 1.165) is 17.8 Å². The fraction of sp³-hybridized carbons (Fsp3) is 0.692. The Morgan fingerprint density at radius 2 is 1.31 bits per heavy atom. The first kappa shape index (κ1) is 10.6. The minimum Gasteiger partial charge on any atom is -0.0999 e. The number of hydrogen-bond acceptors (Lipinski definition) is 0. The first-order valence-corrected chi connectivity index (χ1v) is 5.31. The molecule has 0 heteroatoms. The molecule has 1 saturated carbocycles. The normalized spacial score (nSPS) is 34.2. The fourth-order valence-corrected chi connectivity index (χ4v) is 2.41. The molecule has 0 amide bonds. The van der Waals surface area contributed by atoms with Crippen LogP contribution in [0, 0.1) is 17.8 Å². The third-order valence-electron chi connectivity index (χ3n) is 3.34. The molecule has 0 heterocycles. The maximum absolute atomic E-state index is 4.08. The van der Waals surface area contributed by atoms with Crippen LogP contribution in [-0.2, 0) is 0 Å². The van der Waals surface area contributed by atoms with Gasteiger partial charge in [-0.15, -0.1) is 0 Å². The maximum atomic E-state index is 4.08. The second kappa shape index (κ2) is 4.13. The summed E-state index contributed by atoms with van der Waals surface area (Å²) in [6.45, 7) is 14.8. The molecule has 0 aromatic heterocycles.